The molecule has 0 radical (unpaired) electrons. The first-order valence-corrected chi connectivity index (χ1v) is 37.9. The Morgan fingerprint density at radius 2 is 0.593 bits per heavy atom. The van der Waals surface area contributed by atoms with Gasteiger partial charge in [0.2, 0.25) is 0 Å². The van der Waals surface area contributed by atoms with Gasteiger partial charge in [-0.15, -0.1) is 0 Å². The van der Waals surface area contributed by atoms with Gasteiger partial charge in [0.15, 0.2) is 12.2 Å². The summed E-state index contributed by atoms with van der Waals surface area (Å²) in [7, 11) is -9.89. The Balaban J connectivity index is 5.16. The fourth-order valence-electron chi connectivity index (χ4n) is 9.98. The van der Waals surface area contributed by atoms with Crippen LogP contribution in [-0.4, -0.2) is 96.7 Å². The van der Waals surface area contributed by atoms with E-state index in [4.69, 9.17) is 37.0 Å². The zero-order chi connectivity index (χ0) is 63.8. The molecule has 6 atom stereocenters. The van der Waals surface area contributed by atoms with Crippen molar-refractivity contribution in [3.05, 3.63) is 0 Å². The first kappa shape index (κ1) is 84.1. The van der Waals surface area contributed by atoms with E-state index in [1.54, 1.807) is 0 Å². The van der Waals surface area contributed by atoms with Crippen LogP contribution in [0.2, 0.25) is 0 Å². The molecule has 0 rings (SSSR count). The Hall–Kier alpha value is -1.94. The molecule has 0 aromatic rings. The van der Waals surface area contributed by atoms with Gasteiger partial charge in [-0.05, 0) is 43.4 Å². The van der Waals surface area contributed by atoms with Crippen LogP contribution in [-0.2, 0) is 65.4 Å². The third-order valence-corrected chi connectivity index (χ3v) is 17.6. The first-order chi connectivity index (χ1) is 41.3. The molecule has 86 heavy (non-hydrogen) atoms. The van der Waals surface area contributed by atoms with Crippen LogP contribution >= 0.6 is 15.6 Å². The fourth-order valence-corrected chi connectivity index (χ4v) is 11.6. The lowest BCUT2D eigenvalue weighted by Crippen LogP contribution is -2.30. The van der Waals surface area contributed by atoms with Crippen LogP contribution in [0.1, 0.15) is 331 Å². The summed E-state index contributed by atoms with van der Waals surface area (Å²) in [5, 5.41) is 10.5. The Labute approximate surface area is 524 Å². The van der Waals surface area contributed by atoms with Crippen molar-refractivity contribution in [2.24, 2.45) is 17.8 Å². The van der Waals surface area contributed by atoms with E-state index in [1.165, 1.54) is 135 Å². The average molecular weight is 1270 g/mol. The van der Waals surface area contributed by atoms with E-state index >= 15 is 0 Å². The van der Waals surface area contributed by atoms with Gasteiger partial charge in [-0.1, -0.05) is 280 Å². The predicted molar refractivity (Wildman–Crippen MR) is 344 cm³/mol. The zero-order valence-corrected chi connectivity index (χ0v) is 57.6. The van der Waals surface area contributed by atoms with E-state index in [1.807, 2.05) is 0 Å². The van der Waals surface area contributed by atoms with Gasteiger partial charge in [0.25, 0.3) is 0 Å². The Bertz CT molecular complexity index is 1700. The highest BCUT2D eigenvalue weighted by Crippen LogP contribution is 2.45. The smallest absolute Gasteiger partial charge is 0.462 e. The molecular formula is C67H130O17P2. The molecule has 0 aromatic carbocycles. The number of unbranched alkanes of at least 4 members (excludes halogenated alkanes) is 32. The monoisotopic (exact) mass is 1270 g/mol. The van der Waals surface area contributed by atoms with Crippen molar-refractivity contribution >= 4 is 39.5 Å². The van der Waals surface area contributed by atoms with Gasteiger partial charge in [-0.2, -0.15) is 0 Å². The number of rotatable bonds is 65. The predicted octanol–water partition coefficient (Wildman–Crippen LogP) is 18.7. The molecule has 19 heteroatoms. The largest absolute Gasteiger partial charge is 0.472 e. The van der Waals surface area contributed by atoms with E-state index in [0.29, 0.717) is 25.7 Å². The third kappa shape index (κ3) is 59.7. The van der Waals surface area contributed by atoms with Crippen LogP contribution in [0.3, 0.4) is 0 Å². The molecule has 0 saturated heterocycles. The molecule has 0 aromatic heterocycles. The molecule has 0 fully saturated rings. The van der Waals surface area contributed by atoms with E-state index in [2.05, 4.69) is 48.5 Å². The highest BCUT2D eigenvalue weighted by atomic mass is 31.2. The Morgan fingerprint density at radius 3 is 0.884 bits per heavy atom. The molecule has 17 nitrogen and oxygen atoms in total. The second-order valence-corrected chi connectivity index (χ2v) is 28.3. The van der Waals surface area contributed by atoms with Crippen molar-refractivity contribution < 1.29 is 80.2 Å². The van der Waals surface area contributed by atoms with Crippen LogP contribution in [0.5, 0.6) is 0 Å². The van der Waals surface area contributed by atoms with Crippen LogP contribution in [0.4, 0.5) is 0 Å². The number of phosphoric acid groups is 2. The minimum Gasteiger partial charge on any atom is -0.462 e. The number of aliphatic hydroxyl groups is 1. The van der Waals surface area contributed by atoms with Crippen molar-refractivity contribution in [3.63, 3.8) is 0 Å². The lowest BCUT2D eigenvalue weighted by molar-refractivity contribution is -0.161. The maximum Gasteiger partial charge on any atom is 0.472 e. The summed E-state index contributed by atoms with van der Waals surface area (Å²) in [6.45, 7) is 11.7. The molecule has 0 aliphatic rings. The van der Waals surface area contributed by atoms with Crippen molar-refractivity contribution in [2.45, 2.75) is 349 Å². The number of carbonyl (C=O) groups excluding carboxylic acids is 4. The molecule has 0 aliphatic carbocycles. The summed E-state index contributed by atoms with van der Waals surface area (Å²) in [6, 6.07) is 0. The summed E-state index contributed by atoms with van der Waals surface area (Å²) in [4.78, 5) is 72.1. The van der Waals surface area contributed by atoms with Crippen molar-refractivity contribution in [1.29, 1.82) is 0 Å². The highest BCUT2D eigenvalue weighted by molar-refractivity contribution is 7.47. The van der Waals surface area contributed by atoms with Gasteiger partial charge in [0.1, 0.15) is 19.3 Å². The number of esters is 4. The molecule has 0 heterocycles. The molecule has 0 aliphatic heterocycles. The second kappa shape index (κ2) is 58.2. The maximum atomic E-state index is 13.0. The molecule has 0 saturated carbocycles. The van der Waals surface area contributed by atoms with E-state index in [0.717, 1.165) is 114 Å². The van der Waals surface area contributed by atoms with E-state index in [-0.39, 0.29) is 25.7 Å². The standard InChI is InChI=1S/C67H130O17P2/c1-8-10-11-31-41-48-64(69)77-54-62(83-67(72)51-44-37-30-23-21-26-33-39-46-59(5)6)56-81-85(73,74)79-52-61(68)53-80-86(75,76)82-57-63(55-78-65(70)49-42-35-28-24-22-27-34-40-47-60(7)9-2)84-66(71)50-43-36-29-20-18-16-14-12-13-15-17-19-25-32-38-45-58(3)4/h58-63,68H,8-57H2,1-7H3,(H,73,74)(H,75,76)/t60?,61-,62+,63+/m0/s1. The lowest BCUT2D eigenvalue weighted by atomic mass is 9.99. The lowest BCUT2D eigenvalue weighted by Gasteiger charge is -2.21. The molecule has 3 unspecified atom stereocenters. The normalized spacial score (nSPS) is 14.6. The molecule has 0 amide bonds. The zero-order valence-electron chi connectivity index (χ0n) is 55.8. The number of carbonyl (C=O) groups is 4. The van der Waals surface area contributed by atoms with Crippen molar-refractivity contribution in [2.75, 3.05) is 39.6 Å². The fraction of sp³-hybridized carbons (Fsp3) is 0.940. The van der Waals surface area contributed by atoms with Gasteiger partial charge in [0, 0.05) is 25.7 Å². The van der Waals surface area contributed by atoms with Crippen molar-refractivity contribution in [3.8, 4) is 0 Å². The third-order valence-electron chi connectivity index (χ3n) is 15.7. The van der Waals surface area contributed by atoms with Crippen LogP contribution in [0, 0.1) is 17.8 Å². The number of hydrogen-bond acceptors (Lipinski definition) is 15. The van der Waals surface area contributed by atoms with Crippen LogP contribution in [0.15, 0.2) is 0 Å². The van der Waals surface area contributed by atoms with E-state index in [9.17, 15) is 43.2 Å². The number of aliphatic hydroxyl groups excluding tert-OH is 1. The quantitative estimate of drug-likeness (QED) is 0.0222. The molecule has 0 bridgehead atoms. The minimum absolute atomic E-state index is 0.103. The Kier molecular flexibility index (Phi) is 56.9. The minimum atomic E-state index is -4.95. The number of ether oxygens (including phenoxy) is 4. The summed E-state index contributed by atoms with van der Waals surface area (Å²) in [6.07, 6.45) is 40.7. The molecule has 510 valence electrons. The van der Waals surface area contributed by atoms with Crippen molar-refractivity contribution in [1.82, 2.24) is 0 Å². The highest BCUT2D eigenvalue weighted by Gasteiger charge is 2.30. The second-order valence-electron chi connectivity index (χ2n) is 25.4. The van der Waals surface area contributed by atoms with Gasteiger partial charge in [-0.3, -0.25) is 37.3 Å². The maximum absolute atomic E-state index is 13.0. The molecular weight excluding hydrogens is 1140 g/mol. The number of phosphoric ester groups is 2. The topological polar surface area (TPSA) is 237 Å². The summed E-state index contributed by atoms with van der Waals surface area (Å²) >= 11 is 0. The van der Waals surface area contributed by atoms with Crippen LogP contribution in [0.25, 0.3) is 0 Å². The summed E-state index contributed by atoms with van der Waals surface area (Å²) in [5.74, 6) is 0.156. The summed E-state index contributed by atoms with van der Waals surface area (Å²) in [5.41, 5.74) is 0. The van der Waals surface area contributed by atoms with Gasteiger partial charge < -0.3 is 33.8 Å². The first-order valence-electron chi connectivity index (χ1n) is 34.9. The number of hydrogen-bond donors (Lipinski definition) is 3. The van der Waals surface area contributed by atoms with Crippen LogP contribution < -0.4 is 0 Å². The van der Waals surface area contributed by atoms with Gasteiger partial charge in [-0.25, -0.2) is 9.13 Å². The van der Waals surface area contributed by atoms with Gasteiger partial charge in [0.05, 0.1) is 26.4 Å². The summed E-state index contributed by atoms with van der Waals surface area (Å²) < 4.78 is 67.9. The average Bonchev–Trinajstić information content (AvgIpc) is 3.65. The molecule has 3 N–H and O–H groups in total. The van der Waals surface area contributed by atoms with Gasteiger partial charge >= 0.3 is 39.5 Å². The molecule has 0 spiro atoms. The Morgan fingerprint density at radius 1 is 0.337 bits per heavy atom. The van der Waals surface area contributed by atoms with E-state index < -0.39 is 97.5 Å². The SMILES string of the molecule is CCCCCCCC(=O)OC[C@H](COP(=O)(O)OC[C@H](O)COP(=O)(O)OC[C@@H](COC(=O)CCCCCCCCCCC(C)CC)OC(=O)CCCCCCCCCCCCCCCCCC(C)C)OC(=O)CCCCCCCCCCC(C)C.